The number of fused-ring (bicyclic) bond motifs is 1. The van der Waals surface area contributed by atoms with E-state index in [4.69, 9.17) is 0 Å². The van der Waals surface area contributed by atoms with Crippen LogP contribution in [0.25, 0.3) is 23.1 Å². The largest absolute Gasteiger partial charge is 0.380 e. The molecule has 0 bridgehead atoms. The lowest BCUT2D eigenvalue weighted by atomic mass is 9.98. The first-order valence-electron chi connectivity index (χ1n) is 10.9. The minimum absolute atomic E-state index is 0.362. The average Bonchev–Trinajstić information content (AvgIpc) is 3.30. The van der Waals surface area contributed by atoms with Gasteiger partial charge in [0.15, 0.2) is 5.78 Å². The van der Waals surface area contributed by atoms with Crippen molar-refractivity contribution in [3.05, 3.63) is 120 Å². The molecule has 0 saturated carbocycles. The molecule has 0 aliphatic carbocycles. The number of ketones is 1. The lowest BCUT2D eigenvalue weighted by Crippen LogP contribution is -2.14. The molecule has 0 aliphatic rings. The molecule has 3 aromatic carbocycles. The molecule has 1 unspecified atom stereocenters. The first kappa shape index (κ1) is 21.3. The van der Waals surface area contributed by atoms with Gasteiger partial charge >= 0.3 is 0 Å². The summed E-state index contributed by atoms with van der Waals surface area (Å²) >= 11 is 0. The third kappa shape index (κ3) is 4.48. The molecule has 1 atom stereocenters. The van der Waals surface area contributed by atoms with Gasteiger partial charge in [-0.05, 0) is 60.2 Å². The summed E-state index contributed by atoms with van der Waals surface area (Å²) in [5.41, 5.74) is 4.93. The van der Waals surface area contributed by atoms with Crippen LogP contribution in [0.3, 0.4) is 0 Å². The van der Waals surface area contributed by atoms with Crippen molar-refractivity contribution in [3.8, 4) is 0 Å². The number of carbonyl (C=O) groups excluding carboxylic acids is 1. The minimum atomic E-state index is -1.23. The van der Waals surface area contributed by atoms with Crippen molar-refractivity contribution >= 4 is 40.2 Å². The van der Waals surface area contributed by atoms with Gasteiger partial charge in [-0.1, -0.05) is 48.5 Å². The van der Waals surface area contributed by atoms with Gasteiger partial charge in [-0.3, -0.25) is 14.9 Å². The van der Waals surface area contributed by atoms with Crippen LogP contribution in [0.5, 0.6) is 0 Å². The maximum absolute atomic E-state index is 13.0. The fourth-order valence-electron chi connectivity index (χ4n) is 3.78. The number of carbonyl (C=O) groups is 1. The number of nitrogens with one attached hydrogen (secondary N) is 2. The fraction of sp³-hybridized carbons (Fsp3) is 0.0357. The SMILES string of the molecule is O=C(c1ccccc1Nc1ccc2c(C=Cc3ccccn3)n[nH]c2c1)C(O)c1ccccc1. The molecule has 3 N–H and O–H groups in total. The van der Waals surface area contributed by atoms with Gasteiger partial charge in [-0.15, -0.1) is 0 Å². The number of benzene rings is 3. The summed E-state index contributed by atoms with van der Waals surface area (Å²) in [6.45, 7) is 0. The van der Waals surface area contributed by atoms with Gasteiger partial charge in [-0.2, -0.15) is 5.10 Å². The van der Waals surface area contributed by atoms with E-state index in [2.05, 4.69) is 20.5 Å². The van der Waals surface area contributed by atoms with Crippen molar-refractivity contribution < 1.29 is 9.90 Å². The Bertz CT molecular complexity index is 1460. The molecule has 6 nitrogen and oxygen atoms in total. The van der Waals surface area contributed by atoms with Crippen LogP contribution in [0.2, 0.25) is 0 Å². The smallest absolute Gasteiger partial charge is 0.197 e. The normalized spacial score (nSPS) is 12.1. The van der Waals surface area contributed by atoms with E-state index >= 15 is 0 Å². The molecule has 0 amide bonds. The number of anilines is 2. The van der Waals surface area contributed by atoms with Crippen LogP contribution in [0.15, 0.2) is 97.2 Å². The van der Waals surface area contributed by atoms with E-state index in [0.717, 1.165) is 28.0 Å². The lowest BCUT2D eigenvalue weighted by Gasteiger charge is -2.15. The highest BCUT2D eigenvalue weighted by Crippen LogP contribution is 2.28. The van der Waals surface area contributed by atoms with E-state index in [0.29, 0.717) is 16.8 Å². The molecule has 0 saturated heterocycles. The fourth-order valence-corrected chi connectivity index (χ4v) is 3.78. The quantitative estimate of drug-likeness (QED) is 0.275. The molecule has 6 heteroatoms. The number of hydrogen-bond donors (Lipinski definition) is 3. The number of nitrogens with zero attached hydrogens (tertiary/aromatic N) is 2. The van der Waals surface area contributed by atoms with E-state index in [1.165, 1.54) is 0 Å². The highest BCUT2D eigenvalue weighted by Gasteiger charge is 2.21. The van der Waals surface area contributed by atoms with Crippen molar-refractivity contribution in [2.75, 3.05) is 5.32 Å². The number of aromatic amines is 1. The highest BCUT2D eigenvalue weighted by atomic mass is 16.3. The molecular formula is C28H22N4O2. The van der Waals surface area contributed by atoms with Crippen molar-refractivity contribution in [1.29, 1.82) is 0 Å². The van der Waals surface area contributed by atoms with Crippen molar-refractivity contribution in [1.82, 2.24) is 15.2 Å². The van der Waals surface area contributed by atoms with Crippen LogP contribution in [0.1, 0.15) is 33.4 Å². The summed E-state index contributed by atoms with van der Waals surface area (Å²) in [6, 6.07) is 27.7. The second-order valence-corrected chi connectivity index (χ2v) is 7.81. The van der Waals surface area contributed by atoms with Crippen LogP contribution in [0.4, 0.5) is 11.4 Å². The van der Waals surface area contributed by atoms with Crippen LogP contribution in [0, 0.1) is 0 Å². The minimum Gasteiger partial charge on any atom is -0.380 e. The molecular weight excluding hydrogens is 424 g/mol. The van der Waals surface area contributed by atoms with Crippen LogP contribution in [-0.2, 0) is 0 Å². The number of aliphatic hydroxyl groups excluding tert-OH is 1. The number of H-pyrrole nitrogens is 1. The van der Waals surface area contributed by atoms with Gasteiger partial charge in [0.2, 0.25) is 0 Å². The molecule has 2 heterocycles. The third-order valence-corrected chi connectivity index (χ3v) is 5.53. The van der Waals surface area contributed by atoms with E-state index in [1.54, 1.807) is 42.6 Å². The zero-order chi connectivity index (χ0) is 23.3. The predicted octanol–water partition coefficient (Wildman–Crippen LogP) is 5.79. The van der Waals surface area contributed by atoms with Gasteiger partial charge in [0.05, 0.1) is 16.9 Å². The molecule has 5 aromatic rings. The Balaban J connectivity index is 1.39. The lowest BCUT2D eigenvalue weighted by molar-refractivity contribution is 0.0748. The van der Waals surface area contributed by atoms with Crippen LogP contribution in [-0.4, -0.2) is 26.1 Å². The Hall–Kier alpha value is -4.55. The summed E-state index contributed by atoms with van der Waals surface area (Å²) in [4.78, 5) is 17.3. The number of para-hydroxylation sites is 1. The molecule has 5 rings (SSSR count). The molecule has 0 spiro atoms. The van der Waals surface area contributed by atoms with Gasteiger partial charge in [-0.25, -0.2) is 0 Å². The zero-order valence-electron chi connectivity index (χ0n) is 18.2. The first-order chi connectivity index (χ1) is 16.7. The second kappa shape index (κ2) is 9.52. The Kier molecular flexibility index (Phi) is 5.97. The summed E-state index contributed by atoms with van der Waals surface area (Å²) in [6.07, 6.45) is 4.36. The average molecular weight is 447 g/mol. The zero-order valence-corrected chi connectivity index (χ0v) is 18.2. The molecule has 2 aromatic heterocycles. The molecule has 0 fully saturated rings. The summed E-state index contributed by atoms with van der Waals surface area (Å²) in [5, 5.41) is 22.4. The van der Waals surface area contributed by atoms with Gasteiger partial charge in [0.25, 0.3) is 0 Å². The molecule has 166 valence electrons. The Labute approximate surface area is 196 Å². The number of aliphatic hydroxyl groups is 1. The van der Waals surface area contributed by atoms with Crippen LogP contribution >= 0.6 is 0 Å². The molecule has 34 heavy (non-hydrogen) atoms. The number of hydrogen-bond acceptors (Lipinski definition) is 5. The predicted molar refractivity (Wildman–Crippen MR) is 135 cm³/mol. The van der Waals surface area contributed by atoms with Gasteiger partial charge < -0.3 is 10.4 Å². The van der Waals surface area contributed by atoms with E-state index in [-0.39, 0.29) is 5.78 Å². The number of pyridine rings is 1. The standard InChI is InChI=1S/C28H22N4O2/c33-27(19-8-2-1-3-9-19)28(34)23-11-4-5-12-24(23)30-21-13-15-22-25(31-32-26(22)18-21)16-14-20-10-6-7-17-29-20/h1-18,27,30,33H,(H,31,32). The Morgan fingerprint density at radius 2 is 1.71 bits per heavy atom. The third-order valence-electron chi connectivity index (χ3n) is 5.53. The van der Waals surface area contributed by atoms with Gasteiger partial charge in [0, 0.05) is 28.5 Å². The van der Waals surface area contributed by atoms with Crippen molar-refractivity contribution in [3.63, 3.8) is 0 Å². The van der Waals surface area contributed by atoms with Crippen molar-refractivity contribution in [2.24, 2.45) is 0 Å². The summed E-state index contributed by atoms with van der Waals surface area (Å²) < 4.78 is 0. The Morgan fingerprint density at radius 1 is 0.912 bits per heavy atom. The van der Waals surface area contributed by atoms with Gasteiger partial charge in [0.1, 0.15) is 6.10 Å². The van der Waals surface area contributed by atoms with Crippen molar-refractivity contribution in [2.45, 2.75) is 6.10 Å². The monoisotopic (exact) mass is 446 g/mol. The molecule has 0 radical (unpaired) electrons. The van der Waals surface area contributed by atoms with E-state index < -0.39 is 6.10 Å². The maximum atomic E-state index is 13.0. The number of rotatable bonds is 7. The number of Topliss-reactive ketones (excluding diaryl/α,β-unsaturated/α-hetero) is 1. The molecule has 0 aliphatic heterocycles. The van der Waals surface area contributed by atoms with E-state index in [9.17, 15) is 9.90 Å². The topological polar surface area (TPSA) is 90.9 Å². The van der Waals surface area contributed by atoms with Crippen LogP contribution < -0.4 is 5.32 Å². The highest BCUT2D eigenvalue weighted by molar-refractivity contribution is 6.05. The Morgan fingerprint density at radius 3 is 2.53 bits per heavy atom. The number of aromatic nitrogens is 3. The maximum Gasteiger partial charge on any atom is 0.197 e. The second-order valence-electron chi connectivity index (χ2n) is 7.81. The first-order valence-corrected chi connectivity index (χ1v) is 10.9. The summed E-state index contributed by atoms with van der Waals surface area (Å²) in [5.74, 6) is -0.362. The van der Waals surface area contributed by atoms with E-state index in [1.807, 2.05) is 66.7 Å². The summed E-state index contributed by atoms with van der Waals surface area (Å²) in [7, 11) is 0.